The SMILES string of the molecule is CCCCC(NC(=O)C(Cc1ccc(OP(C)(C)=O)cc1)NC(=O)C(N)CC(=O)O)C(=O)NCC(=O)NC(Cc1c[nH]c2ccccc12)C(=O)NC(CCCC)C(=O)NC(CC(=O)O)C(=O)NC(Cc1ccccc1)C(N)=O. The second-order valence-corrected chi connectivity index (χ2v) is 21.8. The number of hydrogen-bond donors (Lipinski definition) is 12. The number of carbonyl (C=O) groups is 10. The molecule has 8 amide bonds. The van der Waals surface area contributed by atoms with Gasteiger partial charge in [-0.2, -0.15) is 0 Å². The minimum atomic E-state index is -2.91. The Morgan fingerprint density at radius 2 is 1.06 bits per heavy atom. The number of benzene rings is 3. The van der Waals surface area contributed by atoms with Gasteiger partial charge < -0.3 is 68.4 Å². The first-order chi connectivity index (χ1) is 37.0. The maximum absolute atomic E-state index is 14.4. The van der Waals surface area contributed by atoms with Crippen LogP contribution in [0, 0.1) is 0 Å². The van der Waals surface area contributed by atoms with Crippen molar-refractivity contribution in [3.8, 4) is 5.75 Å². The number of unbranched alkanes of at least 4 members (excludes halogenated alkanes) is 2. The first kappa shape index (κ1) is 62.4. The van der Waals surface area contributed by atoms with Crippen molar-refractivity contribution in [2.24, 2.45) is 11.5 Å². The molecule has 0 saturated carbocycles. The minimum Gasteiger partial charge on any atom is -0.481 e. The quantitative estimate of drug-likeness (QED) is 0.0299. The van der Waals surface area contributed by atoms with Crippen LogP contribution in [-0.2, 0) is 71.8 Å². The fourth-order valence-electron chi connectivity index (χ4n) is 8.11. The van der Waals surface area contributed by atoms with Crippen LogP contribution in [0.1, 0.15) is 81.9 Å². The number of amides is 8. The first-order valence-corrected chi connectivity index (χ1v) is 28.0. The van der Waals surface area contributed by atoms with Gasteiger partial charge in [0.15, 0.2) is 0 Å². The Bertz CT molecular complexity index is 2790. The molecule has 25 heteroatoms. The summed E-state index contributed by atoms with van der Waals surface area (Å²) in [6, 6.07) is 12.0. The van der Waals surface area contributed by atoms with Crippen LogP contribution in [0.15, 0.2) is 85.1 Å². The van der Waals surface area contributed by atoms with Crippen molar-refractivity contribution in [1.29, 1.82) is 0 Å². The summed E-state index contributed by atoms with van der Waals surface area (Å²) >= 11 is 0. The molecule has 0 spiro atoms. The minimum absolute atomic E-state index is 0.0189. The number of nitrogens with two attached hydrogens (primary N) is 2. The number of aromatic amines is 1. The molecule has 0 radical (unpaired) electrons. The maximum Gasteiger partial charge on any atom is 0.305 e. The molecule has 7 unspecified atom stereocenters. The molecule has 1 heterocycles. The van der Waals surface area contributed by atoms with E-state index in [-0.39, 0.29) is 37.9 Å². The summed E-state index contributed by atoms with van der Waals surface area (Å²) in [5.74, 6) is -9.69. The van der Waals surface area contributed by atoms with Gasteiger partial charge in [0.25, 0.3) is 0 Å². The summed E-state index contributed by atoms with van der Waals surface area (Å²) in [5, 5.41) is 37.4. The Morgan fingerprint density at radius 3 is 1.64 bits per heavy atom. The van der Waals surface area contributed by atoms with Gasteiger partial charge in [-0.15, -0.1) is 0 Å². The average Bonchev–Trinajstić information content (AvgIpc) is 3.80. The van der Waals surface area contributed by atoms with Gasteiger partial charge in [0.05, 0.1) is 25.4 Å². The van der Waals surface area contributed by atoms with Crippen LogP contribution in [0.4, 0.5) is 0 Å². The molecular formula is C53H71N10O14P. The van der Waals surface area contributed by atoms with Crippen LogP contribution in [0.2, 0.25) is 0 Å². The number of rotatable bonds is 33. The van der Waals surface area contributed by atoms with Gasteiger partial charge in [0.1, 0.15) is 42.0 Å². The summed E-state index contributed by atoms with van der Waals surface area (Å²) in [4.78, 5) is 135. The Kier molecular flexibility index (Phi) is 24.5. The molecule has 24 nitrogen and oxygen atoms in total. The molecule has 7 atom stereocenters. The van der Waals surface area contributed by atoms with E-state index < -0.39 is 128 Å². The van der Waals surface area contributed by atoms with Gasteiger partial charge >= 0.3 is 11.9 Å². The highest BCUT2D eigenvalue weighted by atomic mass is 31.2. The van der Waals surface area contributed by atoms with Crippen molar-refractivity contribution in [3.05, 3.63) is 102 Å². The molecule has 0 aliphatic carbocycles. The molecule has 422 valence electrons. The second-order valence-electron chi connectivity index (χ2n) is 19.1. The van der Waals surface area contributed by atoms with Gasteiger partial charge in [-0.1, -0.05) is 100 Å². The van der Waals surface area contributed by atoms with E-state index in [1.54, 1.807) is 72.9 Å². The van der Waals surface area contributed by atoms with E-state index in [9.17, 15) is 62.7 Å². The highest BCUT2D eigenvalue weighted by Gasteiger charge is 2.34. The zero-order chi connectivity index (χ0) is 57.5. The van der Waals surface area contributed by atoms with E-state index in [0.29, 0.717) is 53.3 Å². The molecule has 0 aliphatic rings. The molecule has 0 bridgehead atoms. The Balaban J connectivity index is 1.54. The van der Waals surface area contributed by atoms with Crippen molar-refractivity contribution in [3.63, 3.8) is 0 Å². The number of carboxylic acid groups (broad SMARTS) is 2. The second kappa shape index (κ2) is 30.6. The molecule has 3 aromatic carbocycles. The van der Waals surface area contributed by atoms with E-state index in [1.807, 2.05) is 13.8 Å². The molecule has 4 rings (SSSR count). The summed E-state index contributed by atoms with van der Waals surface area (Å²) in [7, 11) is -2.91. The van der Waals surface area contributed by atoms with Gasteiger partial charge in [-0.25, -0.2) is 0 Å². The summed E-state index contributed by atoms with van der Waals surface area (Å²) in [5.41, 5.74) is 13.8. The molecule has 78 heavy (non-hydrogen) atoms. The van der Waals surface area contributed by atoms with Crippen molar-refractivity contribution < 1.29 is 67.2 Å². The smallest absolute Gasteiger partial charge is 0.305 e. The Morgan fingerprint density at radius 1 is 0.577 bits per heavy atom. The standard InChI is InChI=1S/C53H71N10O14P/c1-5-7-17-38(59-51(73)41(62-48(70)36(54)27-45(65)66)25-32-20-22-34(23-21-32)77-78(3,4)76)49(71)57-30-44(64)58-42(26-33-29-56-37-19-13-12-16-35(33)37)52(74)60-39(18-8-6-2)50(72)63-43(28-46(67)68)53(75)61-40(47(55)69)24-31-14-10-9-11-15-31/h9-16,19-23,29,36,38-43,56H,5-8,17-18,24-28,30,54H2,1-4H3,(H2,55,69)(H,57,71)(H,58,64)(H,59,73)(H,60,74)(H,61,75)(H,62,70)(H,63,72)(H,65,66)(H,67,68). The average molecular weight is 1100 g/mol. The van der Waals surface area contributed by atoms with E-state index in [0.717, 1.165) is 0 Å². The lowest BCUT2D eigenvalue weighted by atomic mass is 10.0. The largest absolute Gasteiger partial charge is 0.481 e. The zero-order valence-electron chi connectivity index (χ0n) is 44.0. The first-order valence-electron chi connectivity index (χ1n) is 25.5. The third kappa shape index (κ3) is 21.1. The van der Waals surface area contributed by atoms with Crippen LogP contribution in [0.3, 0.4) is 0 Å². The number of hydrogen-bond acceptors (Lipinski definition) is 13. The van der Waals surface area contributed by atoms with E-state index in [2.05, 4.69) is 42.2 Å². The van der Waals surface area contributed by atoms with Crippen molar-refractivity contribution in [2.75, 3.05) is 19.9 Å². The van der Waals surface area contributed by atoms with Gasteiger partial charge in [0.2, 0.25) is 54.6 Å². The molecule has 1 aromatic heterocycles. The third-order valence-corrected chi connectivity index (χ3v) is 12.8. The molecule has 0 aliphatic heterocycles. The number of aromatic nitrogens is 1. The molecule has 14 N–H and O–H groups in total. The number of nitrogens with one attached hydrogen (secondary N) is 8. The predicted octanol–water partition coefficient (Wildman–Crippen LogP) is 1.28. The van der Waals surface area contributed by atoms with Crippen LogP contribution >= 0.6 is 7.37 Å². The highest BCUT2D eigenvalue weighted by Crippen LogP contribution is 2.38. The van der Waals surface area contributed by atoms with Crippen LogP contribution in [0.5, 0.6) is 5.75 Å². The lowest BCUT2D eigenvalue weighted by molar-refractivity contribution is -0.141. The normalized spacial score (nSPS) is 13.9. The number of fused-ring (bicyclic) bond motifs is 1. The molecule has 4 aromatic rings. The maximum atomic E-state index is 14.4. The third-order valence-electron chi connectivity index (χ3n) is 12.1. The number of H-pyrrole nitrogens is 1. The topological polar surface area (TPSA) is 389 Å². The van der Waals surface area contributed by atoms with Crippen LogP contribution in [0.25, 0.3) is 10.9 Å². The van der Waals surface area contributed by atoms with Crippen molar-refractivity contribution >= 4 is 77.5 Å². The summed E-state index contributed by atoms with van der Waals surface area (Å²) < 4.78 is 17.7. The zero-order valence-corrected chi connectivity index (χ0v) is 44.9. The molecule has 0 saturated heterocycles. The van der Waals surface area contributed by atoms with Crippen LogP contribution < -0.4 is 53.2 Å². The number of primary amides is 1. The van der Waals surface area contributed by atoms with E-state index in [1.165, 1.54) is 25.5 Å². The lowest BCUT2D eigenvalue weighted by Crippen LogP contribution is -2.59. The summed E-state index contributed by atoms with van der Waals surface area (Å²) in [6.07, 6.45) is 1.73. The van der Waals surface area contributed by atoms with Gasteiger partial charge in [-0.3, -0.25) is 52.5 Å². The number of carboxylic acids is 2. The number of carbonyl (C=O) groups excluding carboxylic acids is 8. The fourth-order valence-corrected chi connectivity index (χ4v) is 8.74. The van der Waals surface area contributed by atoms with E-state index >= 15 is 0 Å². The van der Waals surface area contributed by atoms with Crippen LogP contribution in [-0.4, -0.2) is 137 Å². The monoisotopic (exact) mass is 1100 g/mol. The number of aliphatic carboxylic acids is 2. The Hall–Kier alpha value is -8.11. The van der Waals surface area contributed by atoms with Crippen molar-refractivity contribution in [2.45, 2.75) is 127 Å². The van der Waals surface area contributed by atoms with E-state index in [4.69, 9.17) is 16.0 Å². The predicted molar refractivity (Wildman–Crippen MR) is 288 cm³/mol. The summed E-state index contributed by atoms with van der Waals surface area (Å²) in [6.45, 7) is 5.83. The van der Waals surface area contributed by atoms with Crippen molar-refractivity contribution in [1.82, 2.24) is 42.2 Å². The highest BCUT2D eigenvalue weighted by molar-refractivity contribution is 7.57. The Labute approximate surface area is 451 Å². The molecular weight excluding hydrogens is 1030 g/mol. The fraction of sp³-hybridized carbons (Fsp3) is 0.434. The van der Waals surface area contributed by atoms with Gasteiger partial charge in [0, 0.05) is 49.7 Å². The number of para-hydroxylation sites is 1. The van der Waals surface area contributed by atoms with Gasteiger partial charge in [-0.05, 0) is 47.7 Å². The molecule has 0 fully saturated rings. The lowest BCUT2D eigenvalue weighted by Gasteiger charge is -2.26.